The molecular formula is C24H28N2O2. The SMILES string of the molecule is CCN(CC)C(=O)COc1nc2cc(C)cc(C)c2cc1-c1ccc(C)cc1. The Morgan fingerprint density at radius 1 is 0.964 bits per heavy atom. The zero-order valence-electron chi connectivity index (χ0n) is 17.4. The van der Waals surface area contributed by atoms with E-state index in [4.69, 9.17) is 9.72 Å². The molecule has 0 aliphatic carbocycles. The van der Waals surface area contributed by atoms with Gasteiger partial charge >= 0.3 is 0 Å². The summed E-state index contributed by atoms with van der Waals surface area (Å²) in [5.41, 5.74) is 6.37. The fraction of sp³-hybridized carbons (Fsp3) is 0.333. The number of fused-ring (bicyclic) bond motifs is 1. The number of pyridine rings is 1. The van der Waals surface area contributed by atoms with Crippen molar-refractivity contribution in [2.24, 2.45) is 0 Å². The Morgan fingerprint density at radius 3 is 2.29 bits per heavy atom. The molecule has 0 fully saturated rings. The quantitative estimate of drug-likeness (QED) is 0.603. The van der Waals surface area contributed by atoms with E-state index in [0.29, 0.717) is 19.0 Å². The van der Waals surface area contributed by atoms with Gasteiger partial charge in [-0.05, 0) is 63.4 Å². The Hall–Kier alpha value is -2.88. The highest BCUT2D eigenvalue weighted by molar-refractivity contribution is 5.89. The van der Waals surface area contributed by atoms with E-state index in [9.17, 15) is 4.79 Å². The molecule has 0 radical (unpaired) electrons. The lowest BCUT2D eigenvalue weighted by atomic mass is 10.00. The number of nitrogens with zero attached hydrogens (tertiary/aromatic N) is 2. The molecule has 0 aliphatic heterocycles. The van der Waals surface area contributed by atoms with Crippen LogP contribution < -0.4 is 4.74 Å². The van der Waals surface area contributed by atoms with Crippen molar-refractivity contribution in [3.63, 3.8) is 0 Å². The summed E-state index contributed by atoms with van der Waals surface area (Å²) < 4.78 is 5.95. The maximum Gasteiger partial charge on any atom is 0.260 e. The van der Waals surface area contributed by atoms with Gasteiger partial charge in [-0.15, -0.1) is 0 Å². The maximum absolute atomic E-state index is 12.4. The summed E-state index contributed by atoms with van der Waals surface area (Å²) in [5.74, 6) is 0.476. The summed E-state index contributed by atoms with van der Waals surface area (Å²) in [4.78, 5) is 19.0. The molecule has 1 heterocycles. The lowest BCUT2D eigenvalue weighted by Gasteiger charge is -2.19. The van der Waals surface area contributed by atoms with E-state index >= 15 is 0 Å². The topological polar surface area (TPSA) is 42.4 Å². The van der Waals surface area contributed by atoms with E-state index in [1.807, 2.05) is 13.8 Å². The van der Waals surface area contributed by atoms with Crippen molar-refractivity contribution in [1.82, 2.24) is 9.88 Å². The third kappa shape index (κ3) is 4.16. The lowest BCUT2D eigenvalue weighted by Crippen LogP contribution is -2.34. The standard InChI is InChI=1S/C24H28N2O2/c1-6-26(7-2)23(27)15-28-24-21(19-10-8-16(3)9-11-19)14-20-18(5)12-17(4)13-22(20)25-24/h8-14H,6-7,15H2,1-5H3. The molecule has 3 rings (SSSR count). The number of carbonyl (C=O) groups excluding carboxylic acids is 1. The van der Waals surface area contributed by atoms with Crippen LogP contribution in [0.2, 0.25) is 0 Å². The Labute approximate surface area is 167 Å². The molecule has 0 aliphatic rings. The number of likely N-dealkylation sites (N-methyl/N-ethyl adjacent to an activating group) is 1. The van der Waals surface area contributed by atoms with Gasteiger partial charge in [-0.1, -0.05) is 35.9 Å². The fourth-order valence-corrected chi connectivity index (χ4v) is 3.46. The first-order valence-electron chi connectivity index (χ1n) is 9.82. The molecule has 0 saturated heterocycles. The summed E-state index contributed by atoms with van der Waals surface area (Å²) in [6.45, 7) is 11.5. The number of carbonyl (C=O) groups is 1. The van der Waals surface area contributed by atoms with Crippen LogP contribution in [-0.4, -0.2) is 35.5 Å². The number of benzene rings is 2. The molecule has 1 aromatic heterocycles. The van der Waals surface area contributed by atoms with Crippen LogP contribution in [0, 0.1) is 20.8 Å². The van der Waals surface area contributed by atoms with Crippen LogP contribution in [-0.2, 0) is 4.79 Å². The Kier molecular flexibility index (Phi) is 5.98. The largest absolute Gasteiger partial charge is 0.467 e. The molecule has 4 heteroatoms. The van der Waals surface area contributed by atoms with Gasteiger partial charge in [0, 0.05) is 24.0 Å². The molecule has 0 spiro atoms. The van der Waals surface area contributed by atoms with E-state index in [0.717, 1.165) is 27.6 Å². The molecule has 3 aromatic rings. The predicted molar refractivity (Wildman–Crippen MR) is 115 cm³/mol. The highest BCUT2D eigenvalue weighted by Crippen LogP contribution is 2.33. The van der Waals surface area contributed by atoms with Crippen molar-refractivity contribution in [2.45, 2.75) is 34.6 Å². The van der Waals surface area contributed by atoms with Crippen molar-refractivity contribution in [3.8, 4) is 17.0 Å². The van der Waals surface area contributed by atoms with Crippen molar-refractivity contribution in [3.05, 3.63) is 59.2 Å². The molecule has 0 unspecified atom stereocenters. The second-order valence-electron chi connectivity index (χ2n) is 7.21. The Balaban J connectivity index is 2.06. The monoisotopic (exact) mass is 376 g/mol. The van der Waals surface area contributed by atoms with Crippen molar-refractivity contribution in [1.29, 1.82) is 0 Å². The highest BCUT2D eigenvalue weighted by atomic mass is 16.5. The molecule has 4 nitrogen and oxygen atoms in total. The van der Waals surface area contributed by atoms with Gasteiger partial charge in [0.25, 0.3) is 5.91 Å². The minimum atomic E-state index is -0.0258. The highest BCUT2D eigenvalue weighted by Gasteiger charge is 2.16. The van der Waals surface area contributed by atoms with E-state index in [1.165, 1.54) is 11.1 Å². The second-order valence-corrected chi connectivity index (χ2v) is 7.21. The summed E-state index contributed by atoms with van der Waals surface area (Å²) in [6, 6.07) is 14.6. The number of ether oxygens (including phenoxy) is 1. The molecule has 0 atom stereocenters. The molecule has 2 aromatic carbocycles. The van der Waals surface area contributed by atoms with E-state index in [1.54, 1.807) is 4.90 Å². The molecule has 28 heavy (non-hydrogen) atoms. The number of aryl methyl sites for hydroxylation is 3. The van der Waals surface area contributed by atoms with E-state index in [2.05, 4.69) is 63.2 Å². The summed E-state index contributed by atoms with van der Waals surface area (Å²) in [6.07, 6.45) is 0. The minimum Gasteiger partial charge on any atom is -0.467 e. The van der Waals surface area contributed by atoms with Crippen molar-refractivity contribution in [2.75, 3.05) is 19.7 Å². The van der Waals surface area contributed by atoms with Gasteiger partial charge in [0.2, 0.25) is 5.88 Å². The molecule has 0 bridgehead atoms. The fourth-order valence-electron chi connectivity index (χ4n) is 3.46. The molecule has 1 amide bonds. The summed E-state index contributed by atoms with van der Waals surface area (Å²) in [7, 11) is 0. The normalized spacial score (nSPS) is 10.9. The van der Waals surface area contributed by atoms with Crippen LogP contribution in [0.4, 0.5) is 0 Å². The second kappa shape index (κ2) is 8.42. The first-order chi connectivity index (χ1) is 13.4. The lowest BCUT2D eigenvalue weighted by molar-refractivity contribution is -0.133. The molecular weight excluding hydrogens is 348 g/mol. The van der Waals surface area contributed by atoms with Gasteiger partial charge in [-0.3, -0.25) is 4.79 Å². The van der Waals surface area contributed by atoms with Crippen LogP contribution in [0.3, 0.4) is 0 Å². The third-order valence-electron chi connectivity index (χ3n) is 5.06. The van der Waals surface area contributed by atoms with E-state index < -0.39 is 0 Å². The third-order valence-corrected chi connectivity index (χ3v) is 5.06. The summed E-state index contributed by atoms with van der Waals surface area (Å²) in [5, 5.41) is 1.10. The number of amides is 1. The zero-order valence-corrected chi connectivity index (χ0v) is 17.4. The van der Waals surface area contributed by atoms with Crippen LogP contribution >= 0.6 is 0 Å². The number of aromatic nitrogens is 1. The predicted octanol–water partition coefficient (Wildman–Crippen LogP) is 5.07. The Bertz CT molecular complexity index is 990. The first kappa shape index (κ1) is 19.9. The van der Waals surface area contributed by atoms with Gasteiger partial charge < -0.3 is 9.64 Å². The molecule has 146 valence electrons. The van der Waals surface area contributed by atoms with Crippen molar-refractivity contribution < 1.29 is 9.53 Å². The number of hydrogen-bond donors (Lipinski definition) is 0. The van der Waals surface area contributed by atoms with Gasteiger partial charge in [-0.25, -0.2) is 4.98 Å². The maximum atomic E-state index is 12.4. The molecule has 0 N–H and O–H groups in total. The first-order valence-corrected chi connectivity index (χ1v) is 9.82. The van der Waals surface area contributed by atoms with E-state index in [-0.39, 0.29) is 12.5 Å². The van der Waals surface area contributed by atoms with Crippen LogP contribution in [0.25, 0.3) is 22.0 Å². The number of hydrogen-bond acceptors (Lipinski definition) is 3. The average molecular weight is 377 g/mol. The van der Waals surface area contributed by atoms with Gasteiger partial charge in [0.05, 0.1) is 5.52 Å². The van der Waals surface area contributed by atoms with Gasteiger partial charge in [-0.2, -0.15) is 0 Å². The minimum absolute atomic E-state index is 0.0101. The Morgan fingerprint density at radius 2 is 1.64 bits per heavy atom. The van der Waals surface area contributed by atoms with Crippen LogP contribution in [0.15, 0.2) is 42.5 Å². The smallest absolute Gasteiger partial charge is 0.260 e. The van der Waals surface area contributed by atoms with Gasteiger partial charge in [0.1, 0.15) is 0 Å². The van der Waals surface area contributed by atoms with Crippen LogP contribution in [0.1, 0.15) is 30.5 Å². The number of rotatable bonds is 6. The van der Waals surface area contributed by atoms with Crippen molar-refractivity contribution >= 4 is 16.8 Å². The molecule has 0 saturated carbocycles. The summed E-state index contributed by atoms with van der Waals surface area (Å²) >= 11 is 0. The van der Waals surface area contributed by atoms with Gasteiger partial charge in [0.15, 0.2) is 6.61 Å². The van der Waals surface area contributed by atoms with Crippen LogP contribution in [0.5, 0.6) is 5.88 Å². The zero-order chi connectivity index (χ0) is 20.3. The average Bonchev–Trinajstić information content (AvgIpc) is 2.67.